The third-order valence-electron chi connectivity index (χ3n) is 3.19. The fourth-order valence-corrected chi connectivity index (χ4v) is 2.73. The van der Waals surface area contributed by atoms with Crippen LogP contribution >= 0.6 is 0 Å². The van der Waals surface area contributed by atoms with Gasteiger partial charge in [-0.1, -0.05) is 12.1 Å². The van der Waals surface area contributed by atoms with E-state index in [4.69, 9.17) is 4.74 Å². The maximum absolute atomic E-state index is 12.1. The highest BCUT2D eigenvalue weighted by Gasteiger charge is 2.19. The van der Waals surface area contributed by atoms with Gasteiger partial charge in [0.25, 0.3) is 0 Å². The maximum Gasteiger partial charge on any atom is 0.246 e. The largest absolute Gasteiger partial charge is 0.375 e. The Morgan fingerprint density at radius 2 is 2.05 bits per heavy atom. The third kappa shape index (κ3) is 5.16. The molecule has 0 radical (unpaired) electrons. The standard InChI is InChI=1S/C15H20N2O4S/c1-12-11-17(9-10-21-12)15(18)8-5-13-3-6-14(7-4-13)16-22(2,19)20/h3-8,12,16H,9-11H2,1-2H3/b8-5+. The lowest BCUT2D eigenvalue weighted by Gasteiger charge is -2.30. The van der Waals surface area contributed by atoms with Gasteiger partial charge in [0.2, 0.25) is 15.9 Å². The van der Waals surface area contributed by atoms with E-state index in [1.165, 1.54) is 6.08 Å². The first-order valence-electron chi connectivity index (χ1n) is 7.00. The fourth-order valence-electron chi connectivity index (χ4n) is 2.17. The van der Waals surface area contributed by atoms with Crippen LogP contribution in [0.2, 0.25) is 0 Å². The molecule has 1 aliphatic heterocycles. The van der Waals surface area contributed by atoms with Crippen LogP contribution in [0, 0.1) is 0 Å². The molecule has 0 aromatic heterocycles. The van der Waals surface area contributed by atoms with Crippen molar-refractivity contribution in [2.24, 2.45) is 0 Å². The highest BCUT2D eigenvalue weighted by molar-refractivity contribution is 7.92. The van der Waals surface area contributed by atoms with Crippen molar-refractivity contribution >= 4 is 27.7 Å². The second-order valence-electron chi connectivity index (χ2n) is 5.30. The van der Waals surface area contributed by atoms with E-state index < -0.39 is 10.0 Å². The van der Waals surface area contributed by atoms with Crippen LogP contribution in [-0.2, 0) is 19.6 Å². The summed E-state index contributed by atoms with van der Waals surface area (Å²) in [5, 5.41) is 0. The van der Waals surface area contributed by atoms with E-state index in [2.05, 4.69) is 4.72 Å². The number of carbonyl (C=O) groups excluding carboxylic acids is 1. The number of benzene rings is 1. The van der Waals surface area contributed by atoms with Crippen molar-refractivity contribution in [1.82, 2.24) is 4.90 Å². The zero-order valence-electron chi connectivity index (χ0n) is 12.7. The third-order valence-corrected chi connectivity index (χ3v) is 3.79. The summed E-state index contributed by atoms with van der Waals surface area (Å²) in [4.78, 5) is 13.8. The summed E-state index contributed by atoms with van der Waals surface area (Å²) < 4.78 is 30.0. The number of sulfonamides is 1. The van der Waals surface area contributed by atoms with Gasteiger partial charge in [-0.15, -0.1) is 0 Å². The topological polar surface area (TPSA) is 75.7 Å². The molecule has 0 bridgehead atoms. The van der Waals surface area contributed by atoms with Crippen molar-refractivity contribution in [2.45, 2.75) is 13.0 Å². The summed E-state index contributed by atoms with van der Waals surface area (Å²) in [7, 11) is -3.28. The second-order valence-corrected chi connectivity index (χ2v) is 7.04. The van der Waals surface area contributed by atoms with Crippen molar-refractivity contribution < 1.29 is 17.9 Å². The van der Waals surface area contributed by atoms with Gasteiger partial charge in [0.15, 0.2) is 0 Å². The number of nitrogens with zero attached hydrogens (tertiary/aromatic N) is 1. The molecule has 0 spiro atoms. The Labute approximate surface area is 130 Å². The van der Waals surface area contributed by atoms with E-state index >= 15 is 0 Å². The number of hydrogen-bond donors (Lipinski definition) is 1. The molecule has 1 fully saturated rings. The van der Waals surface area contributed by atoms with Gasteiger partial charge in [-0.05, 0) is 30.7 Å². The Balaban J connectivity index is 1.96. The number of hydrogen-bond acceptors (Lipinski definition) is 4. The van der Waals surface area contributed by atoms with Crippen LogP contribution < -0.4 is 4.72 Å². The molecule has 7 heteroatoms. The summed E-state index contributed by atoms with van der Waals surface area (Å²) in [5.74, 6) is -0.0477. The smallest absolute Gasteiger partial charge is 0.246 e. The Morgan fingerprint density at radius 1 is 1.36 bits per heavy atom. The van der Waals surface area contributed by atoms with Gasteiger partial charge in [0, 0.05) is 24.9 Å². The first kappa shape index (κ1) is 16.5. The molecule has 1 N–H and O–H groups in total. The van der Waals surface area contributed by atoms with E-state index in [9.17, 15) is 13.2 Å². The zero-order valence-corrected chi connectivity index (χ0v) is 13.5. The van der Waals surface area contributed by atoms with Crippen LogP contribution in [0.15, 0.2) is 30.3 Å². The van der Waals surface area contributed by atoms with Crippen LogP contribution in [0.5, 0.6) is 0 Å². The van der Waals surface area contributed by atoms with E-state index in [0.29, 0.717) is 25.4 Å². The van der Waals surface area contributed by atoms with Crippen LogP contribution in [0.4, 0.5) is 5.69 Å². The van der Waals surface area contributed by atoms with Crippen LogP contribution in [0.3, 0.4) is 0 Å². The molecule has 120 valence electrons. The minimum Gasteiger partial charge on any atom is -0.375 e. The summed E-state index contributed by atoms with van der Waals surface area (Å²) in [5.41, 5.74) is 1.32. The Kier molecular flexibility index (Phi) is 5.20. The monoisotopic (exact) mass is 324 g/mol. The number of ether oxygens (including phenoxy) is 1. The number of nitrogens with one attached hydrogen (secondary N) is 1. The molecule has 22 heavy (non-hydrogen) atoms. The van der Waals surface area contributed by atoms with Crippen molar-refractivity contribution in [3.8, 4) is 0 Å². The molecule has 1 aromatic rings. The number of morpholine rings is 1. The molecule has 1 saturated heterocycles. The predicted octanol–water partition coefficient (Wildman–Crippen LogP) is 1.32. The van der Waals surface area contributed by atoms with Crippen LogP contribution in [0.25, 0.3) is 6.08 Å². The van der Waals surface area contributed by atoms with Gasteiger partial charge in [0.05, 0.1) is 19.0 Å². The quantitative estimate of drug-likeness (QED) is 0.848. The maximum atomic E-state index is 12.1. The van der Waals surface area contributed by atoms with Gasteiger partial charge >= 0.3 is 0 Å². The molecule has 0 saturated carbocycles. The molecule has 1 unspecified atom stereocenters. The number of anilines is 1. The second kappa shape index (κ2) is 6.93. The first-order valence-corrected chi connectivity index (χ1v) is 8.89. The van der Waals surface area contributed by atoms with Crippen LogP contribution in [0.1, 0.15) is 12.5 Å². The summed E-state index contributed by atoms with van der Waals surface area (Å²) in [6.45, 7) is 3.70. The van der Waals surface area contributed by atoms with E-state index in [1.807, 2.05) is 6.92 Å². The molecular weight excluding hydrogens is 304 g/mol. The van der Waals surface area contributed by atoms with Gasteiger partial charge in [-0.3, -0.25) is 9.52 Å². The number of amides is 1. The molecule has 1 aromatic carbocycles. The van der Waals surface area contributed by atoms with Crippen molar-refractivity contribution in [1.29, 1.82) is 0 Å². The normalized spacial score (nSPS) is 19.4. The van der Waals surface area contributed by atoms with E-state index in [1.54, 1.807) is 35.2 Å². The van der Waals surface area contributed by atoms with Crippen molar-refractivity contribution in [2.75, 3.05) is 30.7 Å². The minimum atomic E-state index is -3.28. The highest BCUT2D eigenvalue weighted by Crippen LogP contribution is 2.12. The van der Waals surface area contributed by atoms with Gasteiger partial charge in [-0.25, -0.2) is 8.42 Å². The lowest BCUT2D eigenvalue weighted by Crippen LogP contribution is -2.43. The molecule has 1 amide bonds. The average Bonchev–Trinajstić information content (AvgIpc) is 2.44. The SMILES string of the molecule is CC1CN(C(=O)/C=C/c2ccc(NS(C)(=O)=O)cc2)CCO1. The van der Waals surface area contributed by atoms with Crippen molar-refractivity contribution in [3.05, 3.63) is 35.9 Å². The van der Waals surface area contributed by atoms with Gasteiger partial charge in [-0.2, -0.15) is 0 Å². The molecule has 1 atom stereocenters. The average molecular weight is 324 g/mol. The highest BCUT2D eigenvalue weighted by atomic mass is 32.2. The van der Waals surface area contributed by atoms with Gasteiger partial charge in [0.1, 0.15) is 0 Å². The molecule has 1 aliphatic rings. The number of carbonyl (C=O) groups is 1. The zero-order chi connectivity index (χ0) is 16.2. The van der Waals surface area contributed by atoms with E-state index in [-0.39, 0.29) is 12.0 Å². The predicted molar refractivity (Wildman–Crippen MR) is 85.9 cm³/mol. The molecular formula is C15H20N2O4S. The molecule has 6 nitrogen and oxygen atoms in total. The molecule has 0 aliphatic carbocycles. The lowest BCUT2D eigenvalue weighted by molar-refractivity contribution is -0.132. The summed E-state index contributed by atoms with van der Waals surface area (Å²) in [6.07, 6.45) is 4.40. The summed E-state index contributed by atoms with van der Waals surface area (Å²) in [6, 6.07) is 6.81. The molecule has 1 heterocycles. The van der Waals surface area contributed by atoms with Gasteiger partial charge < -0.3 is 9.64 Å². The van der Waals surface area contributed by atoms with Crippen LogP contribution in [-0.4, -0.2) is 51.3 Å². The Bertz CT molecular complexity index is 653. The first-order chi connectivity index (χ1) is 10.3. The Hall–Kier alpha value is -1.86. The Morgan fingerprint density at radius 3 is 2.64 bits per heavy atom. The fraction of sp³-hybridized carbons (Fsp3) is 0.400. The van der Waals surface area contributed by atoms with E-state index in [0.717, 1.165) is 11.8 Å². The lowest BCUT2D eigenvalue weighted by atomic mass is 10.2. The minimum absolute atomic E-state index is 0.0477. The van der Waals surface area contributed by atoms with Crippen molar-refractivity contribution in [3.63, 3.8) is 0 Å². The molecule has 2 rings (SSSR count). The summed E-state index contributed by atoms with van der Waals surface area (Å²) >= 11 is 0. The number of rotatable bonds is 4.